The molecule has 0 saturated heterocycles. The Morgan fingerprint density at radius 2 is 2.00 bits per heavy atom. The fourth-order valence-corrected chi connectivity index (χ4v) is 2.83. The Labute approximate surface area is 110 Å². The third-order valence-corrected chi connectivity index (χ3v) is 4.43. The molecule has 0 bridgehead atoms. The molecule has 4 heteroatoms. The largest absolute Gasteiger partial charge is 0.269 e. The molecule has 0 aliphatic heterocycles. The first-order chi connectivity index (χ1) is 8.16. The van der Waals surface area contributed by atoms with E-state index in [-0.39, 0.29) is 10.6 Å². The zero-order chi connectivity index (χ0) is 12.3. The number of hydrogen-bond acceptors (Lipinski definition) is 2. The van der Waals surface area contributed by atoms with Crippen LogP contribution in [-0.2, 0) is 6.42 Å². The summed E-state index contributed by atoms with van der Waals surface area (Å²) < 4.78 is 0. The van der Waals surface area contributed by atoms with E-state index in [9.17, 15) is 10.1 Å². The van der Waals surface area contributed by atoms with E-state index in [1.165, 1.54) is 24.8 Å². The number of nitrogens with zero attached hydrogens (tertiary/aromatic N) is 1. The number of rotatable bonds is 6. The lowest BCUT2D eigenvalue weighted by molar-refractivity contribution is -0.384. The van der Waals surface area contributed by atoms with E-state index in [0.717, 1.165) is 18.8 Å². The van der Waals surface area contributed by atoms with Crippen molar-refractivity contribution >= 4 is 21.6 Å². The highest BCUT2D eigenvalue weighted by atomic mass is 79.9. The molecule has 1 aliphatic rings. The molecule has 1 saturated carbocycles. The lowest BCUT2D eigenvalue weighted by Crippen LogP contribution is -2.00. The van der Waals surface area contributed by atoms with E-state index in [2.05, 4.69) is 15.9 Å². The Morgan fingerprint density at radius 3 is 2.53 bits per heavy atom. The average molecular weight is 298 g/mol. The normalized spacial score (nSPS) is 16.8. The minimum atomic E-state index is -0.356. The van der Waals surface area contributed by atoms with Gasteiger partial charge in [-0.2, -0.15) is 0 Å². The van der Waals surface area contributed by atoms with Crippen molar-refractivity contribution in [2.75, 3.05) is 0 Å². The predicted molar refractivity (Wildman–Crippen MR) is 71.5 cm³/mol. The van der Waals surface area contributed by atoms with Crippen LogP contribution in [-0.4, -0.2) is 9.75 Å². The molecule has 1 atom stereocenters. The van der Waals surface area contributed by atoms with E-state index >= 15 is 0 Å². The Hall–Kier alpha value is -0.900. The highest BCUT2D eigenvalue weighted by molar-refractivity contribution is 9.09. The first-order valence-corrected chi connectivity index (χ1v) is 6.96. The molecule has 1 fully saturated rings. The molecule has 0 aromatic heterocycles. The first-order valence-electron chi connectivity index (χ1n) is 6.04. The molecule has 0 radical (unpaired) electrons. The molecule has 1 aromatic rings. The van der Waals surface area contributed by atoms with Crippen LogP contribution in [0, 0.1) is 16.0 Å². The van der Waals surface area contributed by atoms with Crippen molar-refractivity contribution in [1.82, 2.24) is 0 Å². The number of nitro groups is 1. The van der Waals surface area contributed by atoms with Gasteiger partial charge in [-0.3, -0.25) is 10.1 Å². The maximum Gasteiger partial charge on any atom is 0.269 e. The van der Waals surface area contributed by atoms with E-state index < -0.39 is 0 Å². The molecule has 3 nitrogen and oxygen atoms in total. The van der Waals surface area contributed by atoms with Gasteiger partial charge in [0.15, 0.2) is 0 Å². The van der Waals surface area contributed by atoms with Gasteiger partial charge in [-0.25, -0.2) is 0 Å². The summed E-state index contributed by atoms with van der Waals surface area (Å²) in [6.45, 7) is 0. The molecule has 0 amide bonds. The van der Waals surface area contributed by atoms with Crippen LogP contribution >= 0.6 is 15.9 Å². The van der Waals surface area contributed by atoms with E-state index in [4.69, 9.17) is 0 Å². The maximum absolute atomic E-state index is 10.5. The van der Waals surface area contributed by atoms with Crippen molar-refractivity contribution in [2.45, 2.75) is 36.9 Å². The summed E-state index contributed by atoms with van der Waals surface area (Å²) in [5.74, 6) is 0.895. The number of nitro benzene ring substituents is 1. The van der Waals surface area contributed by atoms with Crippen molar-refractivity contribution in [3.8, 4) is 0 Å². The Kier molecular flexibility index (Phi) is 4.15. The summed E-state index contributed by atoms with van der Waals surface area (Å²) in [5.41, 5.74) is 1.36. The van der Waals surface area contributed by atoms with Gasteiger partial charge in [0.25, 0.3) is 5.69 Å². The second kappa shape index (κ2) is 5.63. The molecule has 0 spiro atoms. The van der Waals surface area contributed by atoms with Crippen LogP contribution in [0.2, 0.25) is 0 Å². The highest BCUT2D eigenvalue weighted by Crippen LogP contribution is 2.38. The summed E-state index contributed by atoms with van der Waals surface area (Å²) >= 11 is 3.72. The number of aryl methyl sites for hydroxylation is 1. The summed E-state index contributed by atoms with van der Waals surface area (Å²) in [7, 11) is 0. The van der Waals surface area contributed by atoms with Gasteiger partial charge >= 0.3 is 0 Å². The van der Waals surface area contributed by atoms with Crippen LogP contribution < -0.4 is 0 Å². The third kappa shape index (κ3) is 3.80. The standard InChI is InChI=1S/C13H16BrNO2/c14-13(11-6-7-11)3-1-2-10-4-8-12(9-5-10)15(16)17/h4-5,8-9,11,13H,1-3,6-7H2. The summed E-state index contributed by atoms with van der Waals surface area (Å²) in [6, 6.07) is 6.89. The SMILES string of the molecule is O=[N+]([O-])c1ccc(CCCC(Br)C2CC2)cc1. The number of halogens is 1. The van der Waals surface area contributed by atoms with Crippen molar-refractivity contribution < 1.29 is 4.92 Å². The van der Waals surface area contributed by atoms with Gasteiger partial charge in [0.1, 0.15) is 0 Å². The highest BCUT2D eigenvalue weighted by Gasteiger charge is 2.28. The fraction of sp³-hybridized carbons (Fsp3) is 0.538. The predicted octanol–water partition coefficient (Wildman–Crippen LogP) is 4.09. The number of benzene rings is 1. The molecule has 1 aliphatic carbocycles. The Balaban J connectivity index is 1.76. The van der Waals surface area contributed by atoms with Crippen molar-refractivity contribution in [1.29, 1.82) is 0 Å². The number of non-ortho nitro benzene ring substituents is 1. The van der Waals surface area contributed by atoms with Crippen molar-refractivity contribution in [3.63, 3.8) is 0 Å². The molecular weight excluding hydrogens is 282 g/mol. The third-order valence-electron chi connectivity index (χ3n) is 3.23. The quantitative estimate of drug-likeness (QED) is 0.451. The molecule has 1 unspecified atom stereocenters. The van der Waals surface area contributed by atoms with Crippen LogP contribution in [0.15, 0.2) is 24.3 Å². The first kappa shape index (κ1) is 12.6. The zero-order valence-corrected chi connectivity index (χ0v) is 11.2. The van der Waals surface area contributed by atoms with Gasteiger partial charge in [-0.05, 0) is 43.6 Å². The lowest BCUT2D eigenvalue weighted by atomic mass is 10.1. The van der Waals surface area contributed by atoms with Crippen LogP contribution in [0.5, 0.6) is 0 Å². The average Bonchev–Trinajstić information content (AvgIpc) is 3.13. The minimum Gasteiger partial charge on any atom is -0.258 e. The van der Waals surface area contributed by atoms with Gasteiger partial charge in [-0.1, -0.05) is 28.1 Å². The minimum absolute atomic E-state index is 0.171. The molecule has 2 rings (SSSR count). The van der Waals surface area contributed by atoms with Crippen LogP contribution in [0.1, 0.15) is 31.2 Å². The number of alkyl halides is 1. The molecule has 92 valence electrons. The molecule has 0 N–H and O–H groups in total. The molecule has 0 heterocycles. The van der Waals surface area contributed by atoms with Crippen LogP contribution in [0.25, 0.3) is 0 Å². The smallest absolute Gasteiger partial charge is 0.258 e. The summed E-state index contributed by atoms with van der Waals surface area (Å²) in [5, 5.41) is 10.5. The Morgan fingerprint density at radius 1 is 1.35 bits per heavy atom. The summed E-state index contributed by atoms with van der Waals surface area (Å²) in [6.07, 6.45) is 6.08. The van der Waals surface area contributed by atoms with Gasteiger partial charge in [-0.15, -0.1) is 0 Å². The van der Waals surface area contributed by atoms with E-state index in [0.29, 0.717) is 4.83 Å². The monoisotopic (exact) mass is 297 g/mol. The van der Waals surface area contributed by atoms with Crippen LogP contribution in [0.3, 0.4) is 0 Å². The fourth-order valence-electron chi connectivity index (χ4n) is 1.98. The van der Waals surface area contributed by atoms with Gasteiger partial charge in [0.05, 0.1) is 4.92 Å². The topological polar surface area (TPSA) is 43.1 Å². The van der Waals surface area contributed by atoms with Gasteiger partial charge in [0.2, 0.25) is 0 Å². The van der Waals surface area contributed by atoms with E-state index in [1.807, 2.05) is 12.1 Å². The van der Waals surface area contributed by atoms with E-state index in [1.54, 1.807) is 12.1 Å². The van der Waals surface area contributed by atoms with Crippen LogP contribution in [0.4, 0.5) is 5.69 Å². The molecule has 1 aromatic carbocycles. The summed E-state index contributed by atoms with van der Waals surface area (Å²) in [4.78, 5) is 10.8. The molecular formula is C13H16BrNO2. The van der Waals surface area contributed by atoms with Gasteiger partial charge < -0.3 is 0 Å². The molecule has 17 heavy (non-hydrogen) atoms. The second-order valence-corrected chi connectivity index (χ2v) is 5.85. The maximum atomic E-state index is 10.5. The second-order valence-electron chi connectivity index (χ2n) is 4.67. The van der Waals surface area contributed by atoms with Crippen molar-refractivity contribution in [2.24, 2.45) is 5.92 Å². The van der Waals surface area contributed by atoms with Gasteiger partial charge in [0, 0.05) is 17.0 Å². The zero-order valence-electron chi connectivity index (χ0n) is 9.64. The Bertz CT molecular complexity index is 387. The van der Waals surface area contributed by atoms with Crippen molar-refractivity contribution in [3.05, 3.63) is 39.9 Å². The lowest BCUT2D eigenvalue weighted by Gasteiger charge is -2.07. The number of hydrogen-bond donors (Lipinski definition) is 0.